The van der Waals surface area contributed by atoms with Gasteiger partial charge in [-0.15, -0.1) is 0 Å². The van der Waals surface area contributed by atoms with Crippen LogP contribution in [0.15, 0.2) is 176 Å². The Morgan fingerprint density at radius 1 is 0.361 bits per heavy atom. The highest BCUT2D eigenvalue weighted by Crippen LogP contribution is 2.66. The summed E-state index contributed by atoms with van der Waals surface area (Å²) in [4.78, 5) is 2.60. The molecule has 0 heterocycles. The molecule has 0 N–H and O–H groups in total. The molecule has 61 heavy (non-hydrogen) atoms. The molecule has 0 radical (unpaired) electrons. The highest BCUT2D eigenvalue weighted by atomic mass is 15.1. The maximum Gasteiger partial charge on any atom is 0.0746 e. The quantitative estimate of drug-likeness (QED) is 0.172. The van der Waals surface area contributed by atoms with Crippen LogP contribution in [-0.4, -0.2) is 0 Å². The van der Waals surface area contributed by atoms with Gasteiger partial charge in [0, 0.05) is 22.2 Å². The fourth-order valence-electron chi connectivity index (χ4n) is 11.1. The van der Waals surface area contributed by atoms with Crippen LogP contribution in [0.3, 0.4) is 0 Å². The van der Waals surface area contributed by atoms with Crippen LogP contribution in [0.25, 0.3) is 44.5 Å². The lowest BCUT2D eigenvalue weighted by atomic mass is 9.68. The molecule has 0 unspecified atom stereocenters. The molecule has 0 atom stereocenters. The van der Waals surface area contributed by atoms with E-state index in [-0.39, 0.29) is 16.2 Å². The van der Waals surface area contributed by atoms with Gasteiger partial charge in [0.25, 0.3) is 0 Å². The van der Waals surface area contributed by atoms with Crippen molar-refractivity contribution in [2.24, 2.45) is 0 Å². The standard InChI is InChI=1S/C60H53N/c1-57(2,3)39-29-32-45-46-33-30-40(58(4,5)6)36-53(46)60(52(45)35-39)51-26-16-13-22-43(51)47-24-18-28-55(56(47)60)61(54-27-17-14-21-42(54)38-19-10-9-11-20-38)41-31-34-50-48(37-41)44-23-12-15-25-49(44)59(50,7)8/h9-37H,1-8H3. The zero-order chi connectivity index (χ0) is 42.1. The molecule has 8 aromatic rings. The first kappa shape index (κ1) is 37.6. The minimum Gasteiger partial charge on any atom is -0.309 e. The van der Waals surface area contributed by atoms with E-state index in [1.165, 1.54) is 94.7 Å². The van der Waals surface area contributed by atoms with Crippen LogP contribution in [-0.2, 0) is 21.7 Å². The molecule has 11 rings (SSSR count). The minimum absolute atomic E-state index is 0.0306. The van der Waals surface area contributed by atoms with Gasteiger partial charge in [0.05, 0.1) is 16.8 Å². The molecule has 0 aliphatic heterocycles. The van der Waals surface area contributed by atoms with E-state index in [9.17, 15) is 0 Å². The fourth-order valence-corrected chi connectivity index (χ4v) is 11.1. The van der Waals surface area contributed by atoms with Gasteiger partial charge in [-0.1, -0.05) is 207 Å². The van der Waals surface area contributed by atoms with Crippen LogP contribution in [0.1, 0.15) is 99.9 Å². The van der Waals surface area contributed by atoms with Gasteiger partial charge in [0.1, 0.15) is 0 Å². The maximum absolute atomic E-state index is 2.60. The summed E-state index contributed by atoms with van der Waals surface area (Å²) in [6.45, 7) is 18.8. The zero-order valence-corrected chi connectivity index (χ0v) is 36.7. The van der Waals surface area contributed by atoms with Crippen molar-refractivity contribution in [1.29, 1.82) is 0 Å². The van der Waals surface area contributed by atoms with E-state index in [0.29, 0.717) is 0 Å². The van der Waals surface area contributed by atoms with Crippen molar-refractivity contribution in [2.45, 2.75) is 77.0 Å². The van der Waals surface area contributed by atoms with Gasteiger partial charge in [-0.05, 0) is 113 Å². The molecule has 0 bridgehead atoms. The first-order valence-corrected chi connectivity index (χ1v) is 22.0. The van der Waals surface area contributed by atoms with Crippen molar-refractivity contribution in [3.8, 4) is 44.5 Å². The lowest BCUT2D eigenvalue weighted by Gasteiger charge is -2.37. The summed E-state index contributed by atoms with van der Waals surface area (Å²) >= 11 is 0. The van der Waals surface area contributed by atoms with Gasteiger partial charge >= 0.3 is 0 Å². The maximum atomic E-state index is 2.60. The van der Waals surface area contributed by atoms with Gasteiger partial charge < -0.3 is 4.90 Å². The van der Waals surface area contributed by atoms with E-state index in [0.717, 1.165) is 11.4 Å². The Bertz CT molecular complexity index is 3010. The molecule has 3 aliphatic rings. The average Bonchev–Trinajstić information content (AvgIpc) is 3.82. The molecule has 298 valence electrons. The molecule has 1 spiro atoms. The molecule has 3 aliphatic carbocycles. The number of nitrogens with zero attached hydrogens (tertiary/aromatic N) is 1. The third-order valence-electron chi connectivity index (χ3n) is 14.2. The van der Waals surface area contributed by atoms with Crippen molar-refractivity contribution >= 4 is 17.1 Å². The summed E-state index contributed by atoms with van der Waals surface area (Å²) in [5, 5.41) is 0. The van der Waals surface area contributed by atoms with E-state index in [2.05, 4.69) is 236 Å². The summed E-state index contributed by atoms with van der Waals surface area (Å²) in [6, 6.07) is 67.3. The molecule has 0 amide bonds. The smallest absolute Gasteiger partial charge is 0.0746 e. The summed E-state index contributed by atoms with van der Waals surface area (Å²) < 4.78 is 0. The number of fused-ring (bicyclic) bond motifs is 13. The van der Waals surface area contributed by atoms with E-state index < -0.39 is 5.41 Å². The van der Waals surface area contributed by atoms with Crippen LogP contribution in [0.5, 0.6) is 0 Å². The zero-order valence-electron chi connectivity index (χ0n) is 36.7. The molecule has 0 aromatic heterocycles. The topological polar surface area (TPSA) is 3.24 Å². The molecule has 0 fully saturated rings. The van der Waals surface area contributed by atoms with E-state index in [1.807, 2.05) is 0 Å². The average molecular weight is 788 g/mol. The van der Waals surface area contributed by atoms with Gasteiger partial charge in [0.15, 0.2) is 0 Å². The second-order valence-electron chi connectivity index (χ2n) is 20.1. The Labute approximate surface area is 362 Å². The van der Waals surface area contributed by atoms with Crippen LogP contribution in [0.2, 0.25) is 0 Å². The Kier molecular flexibility index (Phi) is 8.02. The Balaban J connectivity index is 1.29. The van der Waals surface area contributed by atoms with Crippen LogP contribution >= 0.6 is 0 Å². The first-order chi connectivity index (χ1) is 29.3. The molecule has 0 saturated heterocycles. The number of hydrogen-bond acceptors (Lipinski definition) is 1. The van der Waals surface area contributed by atoms with Crippen LogP contribution in [0, 0.1) is 0 Å². The highest BCUT2D eigenvalue weighted by Gasteiger charge is 2.54. The van der Waals surface area contributed by atoms with Crippen molar-refractivity contribution in [3.05, 3.63) is 220 Å². The van der Waals surface area contributed by atoms with Gasteiger partial charge in [-0.3, -0.25) is 0 Å². The van der Waals surface area contributed by atoms with Gasteiger partial charge in [-0.2, -0.15) is 0 Å². The summed E-state index contributed by atoms with van der Waals surface area (Å²) in [7, 11) is 0. The predicted molar refractivity (Wildman–Crippen MR) is 258 cm³/mol. The lowest BCUT2D eigenvalue weighted by Crippen LogP contribution is -2.29. The van der Waals surface area contributed by atoms with Gasteiger partial charge in [-0.25, -0.2) is 0 Å². The largest absolute Gasteiger partial charge is 0.309 e. The third-order valence-corrected chi connectivity index (χ3v) is 14.2. The summed E-state index contributed by atoms with van der Waals surface area (Å²) in [6.07, 6.45) is 0. The number of para-hydroxylation sites is 1. The SMILES string of the molecule is CC(C)(C)c1ccc2c(c1)C1(c3cc(C(C)(C)C)ccc3-2)c2ccccc2-c2cccc(N(c3ccc4c(c3)-c3ccccc3C4(C)C)c3ccccc3-c3ccccc3)c21. The Hall–Kier alpha value is -6.44. The molecule has 8 aromatic carbocycles. The lowest BCUT2D eigenvalue weighted by molar-refractivity contribution is 0.586. The fraction of sp³-hybridized carbons (Fsp3) is 0.200. The second-order valence-corrected chi connectivity index (χ2v) is 20.1. The van der Waals surface area contributed by atoms with Crippen LogP contribution < -0.4 is 4.90 Å². The monoisotopic (exact) mass is 787 g/mol. The van der Waals surface area contributed by atoms with E-state index in [4.69, 9.17) is 0 Å². The number of rotatable bonds is 4. The molecular formula is C60H53N. The highest BCUT2D eigenvalue weighted by molar-refractivity contribution is 6.01. The van der Waals surface area contributed by atoms with Crippen molar-refractivity contribution in [2.75, 3.05) is 4.90 Å². The number of anilines is 3. The molecule has 1 nitrogen and oxygen atoms in total. The Morgan fingerprint density at radius 3 is 1.49 bits per heavy atom. The van der Waals surface area contributed by atoms with Crippen molar-refractivity contribution in [3.63, 3.8) is 0 Å². The van der Waals surface area contributed by atoms with Crippen molar-refractivity contribution < 1.29 is 0 Å². The number of benzene rings is 8. The van der Waals surface area contributed by atoms with E-state index in [1.54, 1.807) is 0 Å². The second kappa shape index (κ2) is 13.0. The molecule has 1 heteroatoms. The summed E-state index contributed by atoms with van der Waals surface area (Å²) in [5.74, 6) is 0. The van der Waals surface area contributed by atoms with Crippen LogP contribution in [0.4, 0.5) is 17.1 Å². The van der Waals surface area contributed by atoms with Crippen molar-refractivity contribution in [1.82, 2.24) is 0 Å². The number of hydrogen-bond donors (Lipinski definition) is 0. The normalized spacial score (nSPS) is 14.8. The summed E-state index contributed by atoms with van der Waals surface area (Å²) in [5.41, 5.74) is 24.0. The molecular weight excluding hydrogens is 735 g/mol. The minimum atomic E-state index is -0.568. The van der Waals surface area contributed by atoms with Gasteiger partial charge in [0.2, 0.25) is 0 Å². The van der Waals surface area contributed by atoms with E-state index >= 15 is 0 Å². The predicted octanol–water partition coefficient (Wildman–Crippen LogP) is 16.1. The Morgan fingerprint density at radius 2 is 0.852 bits per heavy atom. The first-order valence-electron chi connectivity index (χ1n) is 22.0. The molecule has 0 saturated carbocycles. The third kappa shape index (κ3) is 5.32.